The highest BCUT2D eigenvalue weighted by Crippen LogP contribution is 2.13. The van der Waals surface area contributed by atoms with Crippen molar-refractivity contribution in [2.75, 3.05) is 13.2 Å². The van der Waals surface area contributed by atoms with Crippen molar-refractivity contribution in [3.05, 3.63) is 16.4 Å². The summed E-state index contributed by atoms with van der Waals surface area (Å²) in [4.78, 5) is 32.6. The number of ether oxygens (including phenoxy) is 2. The molecule has 0 aliphatic rings. The van der Waals surface area contributed by atoms with E-state index >= 15 is 0 Å². The van der Waals surface area contributed by atoms with Crippen LogP contribution in [0.2, 0.25) is 0 Å². The van der Waals surface area contributed by atoms with Crippen LogP contribution < -0.4 is 0 Å². The number of nitrogens with zero attached hydrogens (tertiary/aromatic N) is 1. The fraction of sp³-hybridized carbons (Fsp3) is 0.636. The van der Waals surface area contributed by atoms with Gasteiger partial charge in [-0.2, -0.15) is 0 Å². The summed E-state index contributed by atoms with van der Waals surface area (Å²) in [6.45, 7) is 3.61. The molecule has 7 heteroatoms. The molecule has 0 spiro atoms. The molecule has 0 bridgehead atoms. The van der Waals surface area contributed by atoms with Gasteiger partial charge in [0.25, 0.3) is 0 Å². The average Bonchev–Trinajstić information content (AvgIpc) is 2.30. The lowest BCUT2D eigenvalue weighted by Gasteiger charge is -2.04. The second-order valence-electron chi connectivity index (χ2n) is 3.27. The smallest absolute Gasteiger partial charge is 0.364 e. The molecule has 0 radical (unpaired) electrons. The molecule has 0 saturated carbocycles. The Hall–Kier alpha value is -1.92. The minimum atomic E-state index is -0.971. The number of hydrogen-bond acceptors (Lipinski definition) is 7. The van der Waals surface area contributed by atoms with Crippen LogP contribution in [0.5, 0.6) is 0 Å². The summed E-state index contributed by atoms with van der Waals surface area (Å²) in [5, 5.41) is 11.9. The van der Waals surface area contributed by atoms with Crippen molar-refractivity contribution in [1.82, 2.24) is 0 Å². The van der Waals surface area contributed by atoms with Gasteiger partial charge in [-0.1, -0.05) is 0 Å². The Morgan fingerprint density at radius 3 is 2.22 bits per heavy atom. The molecule has 1 N–H and O–H groups in total. The molecule has 0 amide bonds. The third-order valence-corrected chi connectivity index (χ3v) is 1.93. The van der Waals surface area contributed by atoms with Crippen LogP contribution in [-0.2, 0) is 19.1 Å². The van der Waals surface area contributed by atoms with Gasteiger partial charge in [0.2, 0.25) is 5.70 Å². The van der Waals surface area contributed by atoms with Gasteiger partial charge in [-0.15, -0.1) is 4.91 Å². The van der Waals surface area contributed by atoms with Crippen molar-refractivity contribution in [1.29, 1.82) is 0 Å². The first-order chi connectivity index (χ1) is 8.56. The van der Waals surface area contributed by atoms with E-state index in [1.54, 1.807) is 13.8 Å². The van der Waals surface area contributed by atoms with Crippen molar-refractivity contribution in [2.24, 2.45) is 5.18 Å². The molecule has 0 aliphatic carbocycles. The van der Waals surface area contributed by atoms with Crippen LogP contribution in [0.15, 0.2) is 16.6 Å². The molecule has 102 valence electrons. The summed E-state index contributed by atoms with van der Waals surface area (Å²) in [6, 6.07) is 0. The Bertz CT molecular complexity index is 336. The molecule has 0 unspecified atom stereocenters. The third kappa shape index (κ3) is 5.97. The number of rotatable bonds is 8. The van der Waals surface area contributed by atoms with E-state index in [1.807, 2.05) is 0 Å². The normalized spacial score (nSPS) is 11.4. The van der Waals surface area contributed by atoms with Crippen LogP contribution in [0.4, 0.5) is 0 Å². The Labute approximate surface area is 105 Å². The molecular weight excluding hydrogens is 242 g/mol. The molecule has 0 aliphatic heterocycles. The summed E-state index contributed by atoms with van der Waals surface area (Å²) in [5.41, 5.74) is -0.652. The number of carbonyl (C=O) groups is 2. The first-order valence-electron chi connectivity index (χ1n) is 5.64. The summed E-state index contributed by atoms with van der Waals surface area (Å²) in [7, 11) is 0. The zero-order valence-electron chi connectivity index (χ0n) is 10.5. The van der Waals surface area contributed by atoms with E-state index in [4.69, 9.17) is 0 Å². The molecule has 7 nitrogen and oxygen atoms in total. The van der Waals surface area contributed by atoms with Crippen LogP contribution in [0, 0.1) is 4.91 Å². The number of aliphatic hydroxyl groups excluding tert-OH is 1. The highest BCUT2D eigenvalue weighted by molar-refractivity contribution is 5.88. The molecule has 0 aromatic rings. The van der Waals surface area contributed by atoms with Crippen LogP contribution in [0.25, 0.3) is 0 Å². The van der Waals surface area contributed by atoms with Crippen molar-refractivity contribution in [2.45, 2.75) is 33.1 Å². The summed E-state index contributed by atoms with van der Waals surface area (Å²) < 4.78 is 9.22. The number of nitroso groups, excluding NO2 is 1. The van der Waals surface area contributed by atoms with Gasteiger partial charge in [0.15, 0.2) is 0 Å². The van der Waals surface area contributed by atoms with E-state index < -0.39 is 23.4 Å². The number of carbonyl (C=O) groups excluding carboxylic acids is 2. The van der Waals surface area contributed by atoms with Crippen LogP contribution in [-0.4, -0.2) is 30.3 Å². The van der Waals surface area contributed by atoms with Gasteiger partial charge < -0.3 is 14.6 Å². The second-order valence-corrected chi connectivity index (χ2v) is 3.27. The van der Waals surface area contributed by atoms with E-state index in [0.29, 0.717) is 0 Å². The molecular formula is C11H17NO6. The lowest BCUT2D eigenvalue weighted by Crippen LogP contribution is -2.09. The zero-order chi connectivity index (χ0) is 14.0. The summed E-state index contributed by atoms with van der Waals surface area (Å²) in [5.74, 6) is -1.85. The number of esters is 2. The minimum absolute atomic E-state index is 0.0152. The fourth-order valence-electron chi connectivity index (χ4n) is 1.16. The Morgan fingerprint density at radius 1 is 1.11 bits per heavy atom. The van der Waals surface area contributed by atoms with Crippen LogP contribution >= 0.6 is 0 Å². The SMILES string of the molecule is CCOC(=O)CCC/C(O)=C(\N=O)C(=O)OCC. The summed E-state index contributed by atoms with van der Waals surface area (Å²) >= 11 is 0. The average molecular weight is 259 g/mol. The van der Waals surface area contributed by atoms with Gasteiger partial charge in [0.1, 0.15) is 5.76 Å². The Morgan fingerprint density at radius 2 is 1.72 bits per heavy atom. The second kappa shape index (κ2) is 9.15. The highest BCUT2D eigenvalue weighted by Gasteiger charge is 2.17. The lowest BCUT2D eigenvalue weighted by molar-refractivity contribution is -0.143. The molecule has 0 atom stereocenters. The molecule has 0 aromatic heterocycles. The van der Waals surface area contributed by atoms with E-state index in [0.717, 1.165) is 0 Å². The van der Waals surface area contributed by atoms with Crippen molar-refractivity contribution in [3.8, 4) is 0 Å². The van der Waals surface area contributed by atoms with Crippen molar-refractivity contribution in [3.63, 3.8) is 0 Å². The number of hydrogen-bond donors (Lipinski definition) is 1. The minimum Gasteiger partial charge on any atom is -0.510 e. The lowest BCUT2D eigenvalue weighted by atomic mass is 10.2. The Balaban J connectivity index is 4.32. The van der Waals surface area contributed by atoms with E-state index in [2.05, 4.69) is 14.7 Å². The summed E-state index contributed by atoms with van der Waals surface area (Å²) in [6.07, 6.45) is 0.328. The number of allylic oxidation sites excluding steroid dienone is 1. The van der Waals surface area contributed by atoms with Gasteiger partial charge in [-0.25, -0.2) is 4.79 Å². The number of aliphatic hydroxyl groups is 1. The van der Waals surface area contributed by atoms with Crippen LogP contribution in [0.3, 0.4) is 0 Å². The van der Waals surface area contributed by atoms with E-state index in [9.17, 15) is 19.6 Å². The maximum absolute atomic E-state index is 11.2. The van der Waals surface area contributed by atoms with Gasteiger partial charge in [-0.05, 0) is 25.4 Å². The van der Waals surface area contributed by atoms with Gasteiger partial charge in [0, 0.05) is 12.8 Å². The first-order valence-corrected chi connectivity index (χ1v) is 5.64. The van der Waals surface area contributed by atoms with E-state index in [-0.39, 0.29) is 32.5 Å². The molecule has 0 fully saturated rings. The molecule has 0 saturated heterocycles. The van der Waals surface area contributed by atoms with E-state index in [1.165, 1.54) is 0 Å². The van der Waals surface area contributed by atoms with Gasteiger partial charge in [0.05, 0.1) is 13.2 Å². The van der Waals surface area contributed by atoms with Crippen molar-refractivity contribution < 1.29 is 24.2 Å². The largest absolute Gasteiger partial charge is 0.510 e. The molecule has 0 rings (SSSR count). The highest BCUT2D eigenvalue weighted by atomic mass is 16.5. The maximum atomic E-state index is 11.2. The monoisotopic (exact) mass is 259 g/mol. The maximum Gasteiger partial charge on any atom is 0.364 e. The zero-order valence-corrected chi connectivity index (χ0v) is 10.5. The topological polar surface area (TPSA) is 102 Å². The molecule has 18 heavy (non-hydrogen) atoms. The van der Waals surface area contributed by atoms with Gasteiger partial charge in [-0.3, -0.25) is 4.79 Å². The predicted molar refractivity (Wildman–Crippen MR) is 62.6 cm³/mol. The standard InChI is InChI=1S/C11H17NO6/c1-3-17-9(14)7-5-6-8(13)10(12-16)11(15)18-4-2/h13H,3-7H2,1-2H3/b10-8+. The third-order valence-electron chi connectivity index (χ3n) is 1.93. The van der Waals surface area contributed by atoms with Crippen LogP contribution in [0.1, 0.15) is 33.1 Å². The molecule has 0 heterocycles. The quantitative estimate of drug-likeness (QED) is 0.308. The van der Waals surface area contributed by atoms with Crippen molar-refractivity contribution >= 4 is 11.9 Å². The van der Waals surface area contributed by atoms with Gasteiger partial charge >= 0.3 is 11.9 Å². The molecule has 0 aromatic carbocycles. The Kier molecular flexibility index (Phi) is 8.17. The fourth-order valence-corrected chi connectivity index (χ4v) is 1.16. The predicted octanol–water partition coefficient (Wildman–Crippen LogP) is 1.82. The first kappa shape index (κ1) is 16.1.